The molecule has 3 rings (SSSR count). The van der Waals surface area contributed by atoms with Crippen LogP contribution in [-0.4, -0.2) is 48.2 Å². The Balaban J connectivity index is 1.63. The second-order valence-corrected chi connectivity index (χ2v) is 7.34. The molecule has 4 heteroatoms. The van der Waals surface area contributed by atoms with Crippen LogP contribution in [0.2, 0.25) is 0 Å². The number of aliphatic hydroxyl groups is 1. The molecule has 1 aromatic rings. The molecule has 1 N–H and O–H groups in total. The number of carbonyl (C=O) groups excluding carboxylic acids is 1. The first-order chi connectivity index (χ1) is 11.6. The van der Waals surface area contributed by atoms with E-state index in [1.54, 1.807) is 0 Å². The third-order valence-electron chi connectivity index (χ3n) is 5.38. The number of piperidine rings is 1. The van der Waals surface area contributed by atoms with E-state index in [1.165, 1.54) is 5.56 Å². The van der Waals surface area contributed by atoms with Crippen LogP contribution in [0.5, 0.6) is 0 Å². The summed E-state index contributed by atoms with van der Waals surface area (Å²) in [6.07, 6.45) is 4.20. The van der Waals surface area contributed by atoms with Crippen molar-refractivity contribution in [3.05, 3.63) is 34.9 Å². The third kappa shape index (κ3) is 4.65. The number of aryl methyl sites for hydroxylation is 1. The summed E-state index contributed by atoms with van der Waals surface area (Å²) in [7, 11) is 0. The molecule has 0 aliphatic carbocycles. The average Bonchev–Trinajstić information content (AvgIpc) is 2.59. The second-order valence-electron chi connectivity index (χ2n) is 7.34. The van der Waals surface area contributed by atoms with Gasteiger partial charge in [-0.15, -0.1) is 0 Å². The van der Waals surface area contributed by atoms with Gasteiger partial charge in [-0.1, -0.05) is 12.1 Å². The minimum absolute atomic E-state index is 0.143. The monoisotopic (exact) mass is 331 g/mol. The van der Waals surface area contributed by atoms with Crippen molar-refractivity contribution in [2.45, 2.75) is 51.7 Å². The van der Waals surface area contributed by atoms with Crippen molar-refractivity contribution in [2.24, 2.45) is 5.92 Å². The number of Topliss-reactive ketones (excluding diaryl/α,β-unsaturated/α-hetero) is 1. The fourth-order valence-electron chi connectivity index (χ4n) is 3.73. The lowest BCUT2D eigenvalue weighted by molar-refractivity contribution is 0.0601. The van der Waals surface area contributed by atoms with E-state index in [2.05, 4.69) is 23.1 Å². The lowest BCUT2D eigenvalue weighted by Gasteiger charge is -2.29. The molecule has 132 valence electrons. The minimum atomic E-state index is -0.143. The van der Waals surface area contributed by atoms with Gasteiger partial charge in [0, 0.05) is 44.8 Å². The molecule has 0 saturated carbocycles. The Morgan fingerprint density at radius 1 is 1.21 bits per heavy atom. The molecule has 0 radical (unpaired) electrons. The number of hydrogen-bond donors (Lipinski definition) is 1. The van der Waals surface area contributed by atoms with Crippen molar-refractivity contribution in [3.63, 3.8) is 0 Å². The van der Waals surface area contributed by atoms with Crippen molar-refractivity contribution in [1.29, 1.82) is 0 Å². The van der Waals surface area contributed by atoms with Crippen molar-refractivity contribution >= 4 is 5.78 Å². The normalized spacial score (nSPS) is 21.1. The second kappa shape index (κ2) is 8.24. The third-order valence-corrected chi connectivity index (χ3v) is 5.38. The van der Waals surface area contributed by atoms with Gasteiger partial charge in [-0.05, 0) is 55.7 Å². The zero-order valence-corrected chi connectivity index (χ0v) is 14.7. The Morgan fingerprint density at radius 2 is 1.92 bits per heavy atom. The van der Waals surface area contributed by atoms with Gasteiger partial charge in [0.15, 0.2) is 5.78 Å². The maximum Gasteiger partial charge on any atom is 0.163 e. The van der Waals surface area contributed by atoms with Crippen LogP contribution in [-0.2, 0) is 11.3 Å². The predicted octanol–water partition coefficient (Wildman–Crippen LogP) is 2.95. The van der Waals surface area contributed by atoms with Crippen LogP contribution in [0.1, 0.15) is 53.6 Å². The topological polar surface area (TPSA) is 49.8 Å². The standard InChI is InChI=1S/C20H29NO3/c1-15-2-3-17(14-21-8-4-18(22)5-9-21)12-19(15)20(23)13-16-6-10-24-11-7-16/h2-3,12,16,18,22H,4-11,13-14H2,1H3. The van der Waals surface area contributed by atoms with Crippen LogP contribution in [0.25, 0.3) is 0 Å². The summed E-state index contributed by atoms with van der Waals surface area (Å²) in [5.41, 5.74) is 3.16. The molecule has 1 aromatic carbocycles. The number of rotatable bonds is 5. The Bertz CT molecular complexity index is 558. The molecule has 24 heavy (non-hydrogen) atoms. The predicted molar refractivity (Wildman–Crippen MR) is 94.2 cm³/mol. The number of aliphatic hydroxyl groups excluding tert-OH is 1. The summed E-state index contributed by atoms with van der Waals surface area (Å²) in [6.45, 7) is 6.33. The maximum absolute atomic E-state index is 12.7. The lowest BCUT2D eigenvalue weighted by atomic mass is 9.90. The molecule has 0 atom stereocenters. The van der Waals surface area contributed by atoms with Crippen molar-refractivity contribution in [2.75, 3.05) is 26.3 Å². The molecule has 0 bridgehead atoms. The Labute approximate surface area is 144 Å². The van der Waals surface area contributed by atoms with E-state index in [-0.39, 0.29) is 11.9 Å². The summed E-state index contributed by atoms with van der Waals surface area (Å²) in [6, 6.07) is 6.29. The summed E-state index contributed by atoms with van der Waals surface area (Å²) in [5.74, 6) is 0.744. The number of benzene rings is 1. The molecular formula is C20H29NO3. The highest BCUT2D eigenvalue weighted by molar-refractivity contribution is 5.97. The fraction of sp³-hybridized carbons (Fsp3) is 0.650. The van der Waals surface area contributed by atoms with E-state index in [1.807, 2.05) is 6.92 Å². The smallest absolute Gasteiger partial charge is 0.163 e. The van der Waals surface area contributed by atoms with Gasteiger partial charge in [-0.2, -0.15) is 0 Å². The summed E-state index contributed by atoms with van der Waals surface area (Å²) in [4.78, 5) is 15.1. The number of carbonyl (C=O) groups is 1. The van der Waals surface area contributed by atoms with Gasteiger partial charge in [-0.3, -0.25) is 9.69 Å². The Hall–Kier alpha value is -1.23. The molecule has 4 nitrogen and oxygen atoms in total. The Morgan fingerprint density at radius 3 is 2.62 bits per heavy atom. The van der Waals surface area contributed by atoms with Gasteiger partial charge in [0.05, 0.1) is 6.10 Å². The largest absolute Gasteiger partial charge is 0.393 e. The van der Waals surface area contributed by atoms with E-state index < -0.39 is 0 Å². The van der Waals surface area contributed by atoms with Gasteiger partial charge in [-0.25, -0.2) is 0 Å². The lowest BCUT2D eigenvalue weighted by Crippen LogP contribution is -2.35. The molecule has 0 spiro atoms. The molecule has 2 aliphatic rings. The highest BCUT2D eigenvalue weighted by Gasteiger charge is 2.21. The fourth-order valence-corrected chi connectivity index (χ4v) is 3.73. The maximum atomic E-state index is 12.7. The van der Waals surface area contributed by atoms with Crippen molar-refractivity contribution in [3.8, 4) is 0 Å². The van der Waals surface area contributed by atoms with Crippen LogP contribution in [0.4, 0.5) is 0 Å². The van der Waals surface area contributed by atoms with Gasteiger partial charge in [0.1, 0.15) is 0 Å². The summed E-state index contributed by atoms with van der Waals surface area (Å²) < 4.78 is 5.39. The number of ketones is 1. The van der Waals surface area contributed by atoms with E-state index in [4.69, 9.17) is 4.74 Å². The van der Waals surface area contributed by atoms with Crippen LogP contribution < -0.4 is 0 Å². The van der Waals surface area contributed by atoms with Gasteiger partial charge < -0.3 is 9.84 Å². The number of likely N-dealkylation sites (tertiary alicyclic amines) is 1. The van der Waals surface area contributed by atoms with E-state index in [0.29, 0.717) is 12.3 Å². The zero-order valence-electron chi connectivity index (χ0n) is 14.7. The molecule has 0 unspecified atom stereocenters. The van der Waals surface area contributed by atoms with Crippen LogP contribution in [0.3, 0.4) is 0 Å². The first-order valence-electron chi connectivity index (χ1n) is 9.22. The van der Waals surface area contributed by atoms with Crippen LogP contribution in [0, 0.1) is 12.8 Å². The highest BCUT2D eigenvalue weighted by Crippen LogP contribution is 2.23. The quantitative estimate of drug-likeness (QED) is 0.843. The first-order valence-corrected chi connectivity index (χ1v) is 9.22. The molecular weight excluding hydrogens is 302 g/mol. The molecule has 2 aliphatic heterocycles. The average molecular weight is 331 g/mol. The molecule has 2 fully saturated rings. The molecule has 2 heterocycles. The number of hydrogen-bond acceptors (Lipinski definition) is 4. The number of ether oxygens (including phenoxy) is 1. The Kier molecular flexibility index (Phi) is 6.04. The molecule has 2 saturated heterocycles. The van der Waals surface area contributed by atoms with Crippen molar-refractivity contribution < 1.29 is 14.6 Å². The molecule has 0 amide bonds. The zero-order chi connectivity index (χ0) is 16.9. The summed E-state index contributed by atoms with van der Waals surface area (Å²) in [5, 5.41) is 9.62. The first kappa shape index (κ1) is 17.6. The van der Waals surface area contributed by atoms with Gasteiger partial charge >= 0.3 is 0 Å². The van der Waals surface area contributed by atoms with Crippen LogP contribution in [0.15, 0.2) is 18.2 Å². The SMILES string of the molecule is Cc1ccc(CN2CCC(O)CC2)cc1C(=O)CC1CCOCC1. The summed E-state index contributed by atoms with van der Waals surface area (Å²) >= 11 is 0. The van der Waals surface area contributed by atoms with Crippen molar-refractivity contribution in [1.82, 2.24) is 4.90 Å². The van der Waals surface area contributed by atoms with E-state index in [9.17, 15) is 9.90 Å². The highest BCUT2D eigenvalue weighted by atomic mass is 16.5. The van der Waals surface area contributed by atoms with E-state index in [0.717, 1.165) is 69.7 Å². The number of nitrogens with zero attached hydrogens (tertiary/aromatic N) is 1. The molecule has 0 aromatic heterocycles. The van der Waals surface area contributed by atoms with Crippen LogP contribution >= 0.6 is 0 Å². The van der Waals surface area contributed by atoms with E-state index >= 15 is 0 Å². The van der Waals surface area contributed by atoms with Gasteiger partial charge in [0.25, 0.3) is 0 Å². The van der Waals surface area contributed by atoms with Gasteiger partial charge in [0.2, 0.25) is 0 Å². The minimum Gasteiger partial charge on any atom is -0.393 e.